The lowest BCUT2D eigenvalue weighted by Gasteiger charge is -2.17. The fourth-order valence-electron chi connectivity index (χ4n) is 1.75. The molecule has 0 amide bonds. The highest BCUT2D eigenvalue weighted by Crippen LogP contribution is 2.20. The number of benzene rings is 1. The fraction of sp³-hybridized carbons (Fsp3) is 0.308. The Labute approximate surface area is 123 Å². The number of aryl methyl sites for hydroxylation is 1. The molecule has 1 aromatic heterocycles. The highest BCUT2D eigenvalue weighted by molar-refractivity contribution is 7.88. The van der Waals surface area contributed by atoms with E-state index in [2.05, 4.69) is 4.98 Å². The van der Waals surface area contributed by atoms with Gasteiger partial charge in [-0.2, -0.15) is 4.31 Å². The van der Waals surface area contributed by atoms with E-state index in [1.165, 1.54) is 15.6 Å². The lowest BCUT2D eigenvalue weighted by molar-refractivity contribution is 0.468. The van der Waals surface area contributed by atoms with Crippen LogP contribution < -0.4 is 5.73 Å². The zero-order valence-electron chi connectivity index (χ0n) is 11.4. The Morgan fingerprint density at radius 2 is 2.05 bits per heavy atom. The standard InChI is InChI=1S/C13H17N3O2S2/c1-10-13(19-9-15-10)7-16(2)20(17,18)8-11-5-3-4-6-12(11)14/h3-6,9H,7-8,14H2,1-2H3. The molecule has 0 atom stereocenters. The lowest BCUT2D eigenvalue weighted by Crippen LogP contribution is -2.28. The number of anilines is 1. The normalized spacial score (nSPS) is 11.9. The number of para-hydroxylation sites is 1. The van der Waals surface area contributed by atoms with Gasteiger partial charge >= 0.3 is 0 Å². The summed E-state index contributed by atoms with van der Waals surface area (Å²) in [7, 11) is -1.82. The van der Waals surface area contributed by atoms with Crippen LogP contribution in [0.15, 0.2) is 29.8 Å². The first kappa shape index (κ1) is 15.0. The van der Waals surface area contributed by atoms with Crippen LogP contribution in [0.4, 0.5) is 5.69 Å². The van der Waals surface area contributed by atoms with Gasteiger partial charge < -0.3 is 5.73 Å². The largest absolute Gasteiger partial charge is 0.398 e. The molecular formula is C13H17N3O2S2. The SMILES string of the molecule is Cc1ncsc1CN(C)S(=O)(=O)Cc1ccccc1N. The summed E-state index contributed by atoms with van der Waals surface area (Å²) in [5, 5.41) is 0. The van der Waals surface area contributed by atoms with Crippen molar-refractivity contribution < 1.29 is 8.42 Å². The van der Waals surface area contributed by atoms with Gasteiger partial charge in [-0.05, 0) is 18.6 Å². The summed E-state index contributed by atoms with van der Waals surface area (Å²) in [6.45, 7) is 2.22. The Morgan fingerprint density at radius 3 is 2.65 bits per heavy atom. The van der Waals surface area contributed by atoms with Gasteiger partial charge in [0.05, 0.1) is 17.0 Å². The number of aromatic nitrogens is 1. The molecule has 2 aromatic rings. The second kappa shape index (κ2) is 5.90. The lowest BCUT2D eigenvalue weighted by atomic mass is 10.2. The summed E-state index contributed by atoms with van der Waals surface area (Å²) in [5.74, 6) is -0.0893. The smallest absolute Gasteiger partial charge is 0.218 e. The van der Waals surface area contributed by atoms with E-state index in [0.29, 0.717) is 17.8 Å². The van der Waals surface area contributed by atoms with Crippen molar-refractivity contribution in [3.63, 3.8) is 0 Å². The average Bonchev–Trinajstić information content (AvgIpc) is 2.78. The van der Waals surface area contributed by atoms with Crippen LogP contribution in [-0.4, -0.2) is 24.8 Å². The Kier molecular flexibility index (Phi) is 4.42. The van der Waals surface area contributed by atoms with Crippen molar-refractivity contribution in [1.29, 1.82) is 0 Å². The second-order valence-electron chi connectivity index (χ2n) is 4.57. The Bertz CT molecular complexity index is 695. The summed E-state index contributed by atoms with van der Waals surface area (Å²) in [5.41, 5.74) is 9.52. The maximum Gasteiger partial charge on any atom is 0.218 e. The predicted molar refractivity (Wildman–Crippen MR) is 81.8 cm³/mol. The number of nitrogens with zero attached hydrogens (tertiary/aromatic N) is 2. The molecule has 2 rings (SSSR count). The van der Waals surface area contributed by atoms with Crippen molar-refractivity contribution >= 4 is 27.0 Å². The number of rotatable bonds is 5. The number of thiazole rings is 1. The van der Waals surface area contributed by atoms with Crippen LogP contribution in [0.5, 0.6) is 0 Å². The van der Waals surface area contributed by atoms with E-state index < -0.39 is 10.0 Å². The van der Waals surface area contributed by atoms with Crippen molar-refractivity contribution in [2.24, 2.45) is 0 Å². The molecule has 0 fully saturated rings. The molecule has 1 heterocycles. The maximum atomic E-state index is 12.3. The highest BCUT2D eigenvalue weighted by atomic mass is 32.2. The molecule has 20 heavy (non-hydrogen) atoms. The quantitative estimate of drug-likeness (QED) is 0.857. The Hall–Kier alpha value is -1.44. The topological polar surface area (TPSA) is 76.3 Å². The number of hydrogen-bond donors (Lipinski definition) is 1. The van der Waals surface area contributed by atoms with E-state index in [1.807, 2.05) is 6.92 Å². The third-order valence-corrected chi connectivity index (χ3v) is 5.75. The summed E-state index contributed by atoms with van der Waals surface area (Å²) >= 11 is 1.46. The molecule has 0 aliphatic rings. The molecule has 7 heteroatoms. The molecule has 0 radical (unpaired) electrons. The van der Waals surface area contributed by atoms with Crippen LogP contribution in [0.3, 0.4) is 0 Å². The van der Waals surface area contributed by atoms with E-state index in [0.717, 1.165) is 10.6 Å². The van der Waals surface area contributed by atoms with E-state index >= 15 is 0 Å². The van der Waals surface area contributed by atoms with E-state index in [9.17, 15) is 8.42 Å². The highest BCUT2D eigenvalue weighted by Gasteiger charge is 2.21. The number of nitrogens with two attached hydrogens (primary N) is 1. The van der Waals surface area contributed by atoms with Gasteiger partial charge in [0.15, 0.2) is 0 Å². The van der Waals surface area contributed by atoms with E-state index in [-0.39, 0.29) is 5.75 Å². The first-order chi connectivity index (χ1) is 9.40. The minimum atomic E-state index is -3.40. The Balaban J connectivity index is 2.14. The molecule has 5 nitrogen and oxygen atoms in total. The van der Waals surface area contributed by atoms with Gasteiger partial charge in [0.25, 0.3) is 0 Å². The van der Waals surface area contributed by atoms with E-state index in [4.69, 9.17) is 5.73 Å². The van der Waals surface area contributed by atoms with Crippen LogP contribution in [0.1, 0.15) is 16.1 Å². The van der Waals surface area contributed by atoms with Gasteiger partial charge in [-0.25, -0.2) is 13.4 Å². The molecule has 2 N–H and O–H groups in total. The first-order valence-electron chi connectivity index (χ1n) is 6.06. The van der Waals surface area contributed by atoms with Crippen LogP contribution >= 0.6 is 11.3 Å². The minimum absolute atomic E-state index is 0.0893. The van der Waals surface area contributed by atoms with Crippen molar-refractivity contribution in [3.05, 3.63) is 45.9 Å². The first-order valence-corrected chi connectivity index (χ1v) is 8.55. The third-order valence-electron chi connectivity index (χ3n) is 3.08. The zero-order chi connectivity index (χ0) is 14.8. The van der Waals surface area contributed by atoms with Crippen molar-refractivity contribution in [1.82, 2.24) is 9.29 Å². The summed E-state index contributed by atoms with van der Waals surface area (Å²) in [6, 6.07) is 7.02. The zero-order valence-corrected chi connectivity index (χ0v) is 13.0. The third kappa shape index (κ3) is 3.36. The molecule has 1 aromatic carbocycles. The van der Waals surface area contributed by atoms with Crippen LogP contribution in [0.2, 0.25) is 0 Å². The molecule has 0 aliphatic heterocycles. The summed E-state index contributed by atoms with van der Waals surface area (Å²) in [4.78, 5) is 5.08. The average molecular weight is 311 g/mol. The van der Waals surface area contributed by atoms with Gasteiger partial charge in [-0.3, -0.25) is 0 Å². The molecule has 0 aliphatic carbocycles. The van der Waals surface area contributed by atoms with Crippen LogP contribution in [-0.2, 0) is 22.3 Å². The molecule has 0 bridgehead atoms. The Morgan fingerprint density at radius 1 is 1.35 bits per heavy atom. The molecule has 0 spiro atoms. The molecule has 0 unspecified atom stereocenters. The molecule has 0 saturated carbocycles. The van der Waals surface area contributed by atoms with Gasteiger partial charge in [0.2, 0.25) is 10.0 Å². The minimum Gasteiger partial charge on any atom is -0.398 e. The second-order valence-corrected chi connectivity index (χ2v) is 7.59. The number of nitrogen functional groups attached to an aromatic ring is 1. The van der Waals surface area contributed by atoms with Crippen molar-refractivity contribution in [2.75, 3.05) is 12.8 Å². The number of hydrogen-bond acceptors (Lipinski definition) is 5. The maximum absolute atomic E-state index is 12.3. The van der Waals surface area contributed by atoms with Gasteiger partial charge in [0.1, 0.15) is 0 Å². The van der Waals surface area contributed by atoms with Crippen molar-refractivity contribution in [2.45, 2.75) is 19.2 Å². The molecule has 0 saturated heterocycles. The molecule has 108 valence electrons. The van der Waals surface area contributed by atoms with Gasteiger partial charge in [-0.1, -0.05) is 18.2 Å². The van der Waals surface area contributed by atoms with Crippen LogP contribution in [0, 0.1) is 6.92 Å². The van der Waals surface area contributed by atoms with Crippen LogP contribution in [0.25, 0.3) is 0 Å². The van der Waals surface area contributed by atoms with Gasteiger partial charge in [0, 0.05) is 24.2 Å². The molecular weight excluding hydrogens is 294 g/mol. The summed E-state index contributed by atoms with van der Waals surface area (Å²) < 4.78 is 26.0. The van der Waals surface area contributed by atoms with Crippen molar-refractivity contribution in [3.8, 4) is 0 Å². The summed E-state index contributed by atoms with van der Waals surface area (Å²) in [6.07, 6.45) is 0. The monoisotopic (exact) mass is 311 g/mol. The fourth-order valence-corrected chi connectivity index (χ4v) is 3.86. The van der Waals surface area contributed by atoms with E-state index in [1.54, 1.807) is 36.8 Å². The number of sulfonamides is 1. The predicted octanol–water partition coefficient (Wildman–Crippen LogP) is 2.00. The van der Waals surface area contributed by atoms with Gasteiger partial charge in [-0.15, -0.1) is 11.3 Å².